The number of carbonyl (C=O) groups is 1. The minimum atomic E-state index is -0.626. The van der Waals surface area contributed by atoms with Crippen molar-refractivity contribution in [3.8, 4) is 0 Å². The van der Waals surface area contributed by atoms with Gasteiger partial charge in [0.25, 0.3) is 0 Å². The van der Waals surface area contributed by atoms with Crippen LogP contribution in [-0.2, 0) is 16.1 Å². The average Bonchev–Trinajstić information content (AvgIpc) is 2.31. The third-order valence-electron chi connectivity index (χ3n) is 3.87. The molecule has 0 N–H and O–H groups in total. The number of benzene rings is 1. The Kier molecular flexibility index (Phi) is 4.75. The molecule has 0 atom stereocenters. The van der Waals surface area contributed by atoms with Crippen molar-refractivity contribution in [1.82, 2.24) is 4.90 Å². The Labute approximate surface area is 116 Å². The fraction of sp³-hybridized carbons (Fsp3) is 0.562. The molecule has 0 fully saturated rings. The average molecular weight is 263 g/mol. The molecule has 0 saturated heterocycles. The molecule has 0 heterocycles. The Hall–Kier alpha value is -1.35. The van der Waals surface area contributed by atoms with Crippen molar-refractivity contribution in [3.63, 3.8) is 0 Å². The maximum Gasteiger partial charge on any atom is 0.325 e. The fourth-order valence-electron chi connectivity index (χ4n) is 2.30. The van der Waals surface area contributed by atoms with E-state index in [9.17, 15) is 4.79 Å². The second-order valence-electron chi connectivity index (χ2n) is 5.78. The van der Waals surface area contributed by atoms with Crippen molar-refractivity contribution in [2.45, 2.75) is 46.7 Å². The van der Waals surface area contributed by atoms with E-state index < -0.39 is 5.54 Å². The molecule has 0 aliphatic heterocycles. The molecule has 0 radical (unpaired) electrons. The molecule has 1 rings (SSSR count). The van der Waals surface area contributed by atoms with E-state index in [2.05, 4.69) is 32.9 Å². The van der Waals surface area contributed by atoms with Crippen molar-refractivity contribution in [3.05, 3.63) is 34.4 Å². The number of hydrogen-bond acceptors (Lipinski definition) is 3. The summed E-state index contributed by atoms with van der Waals surface area (Å²) in [5.41, 5.74) is 4.46. The summed E-state index contributed by atoms with van der Waals surface area (Å²) in [5.74, 6) is -0.211. The summed E-state index contributed by atoms with van der Waals surface area (Å²) in [6, 6.07) is 4.36. The molecule has 1 aromatic rings. The first kappa shape index (κ1) is 15.7. The molecule has 0 saturated carbocycles. The molecule has 0 aliphatic carbocycles. The van der Waals surface area contributed by atoms with Gasteiger partial charge in [-0.3, -0.25) is 9.69 Å². The Morgan fingerprint density at radius 2 is 1.68 bits per heavy atom. The SMILES string of the molecule is COC(=O)C(C)(C)N(C)Cc1c(C)cc(C)cc1C. The fourth-order valence-corrected chi connectivity index (χ4v) is 2.30. The van der Waals surface area contributed by atoms with Gasteiger partial charge >= 0.3 is 5.97 Å². The van der Waals surface area contributed by atoms with E-state index in [0.717, 1.165) is 6.54 Å². The number of rotatable bonds is 4. The number of methoxy groups -OCH3 is 1. The molecular formula is C16H25NO2. The molecule has 106 valence electrons. The maximum atomic E-state index is 11.8. The summed E-state index contributed by atoms with van der Waals surface area (Å²) >= 11 is 0. The highest BCUT2D eigenvalue weighted by atomic mass is 16.5. The lowest BCUT2D eigenvalue weighted by Crippen LogP contribution is -2.48. The van der Waals surface area contributed by atoms with Crippen LogP contribution >= 0.6 is 0 Å². The van der Waals surface area contributed by atoms with Crippen LogP contribution in [0.5, 0.6) is 0 Å². The van der Waals surface area contributed by atoms with Crippen LogP contribution in [0.25, 0.3) is 0 Å². The molecule has 0 bridgehead atoms. The third kappa shape index (κ3) is 3.35. The van der Waals surface area contributed by atoms with E-state index in [1.807, 2.05) is 25.8 Å². The zero-order valence-corrected chi connectivity index (χ0v) is 13.1. The highest BCUT2D eigenvalue weighted by Crippen LogP contribution is 2.22. The van der Waals surface area contributed by atoms with Gasteiger partial charge in [0.2, 0.25) is 0 Å². The minimum absolute atomic E-state index is 0.211. The second kappa shape index (κ2) is 5.74. The van der Waals surface area contributed by atoms with Gasteiger partial charge in [-0.25, -0.2) is 0 Å². The van der Waals surface area contributed by atoms with Crippen LogP contribution in [0.1, 0.15) is 36.1 Å². The van der Waals surface area contributed by atoms with Crippen molar-refractivity contribution < 1.29 is 9.53 Å². The van der Waals surface area contributed by atoms with Crippen LogP contribution in [-0.4, -0.2) is 30.6 Å². The van der Waals surface area contributed by atoms with Crippen LogP contribution in [0.15, 0.2) is 12.1 Å². The molecule has 0 aliphatic rings. The molecule has 0 aromatic heterocycles. The van der Waals surface area contributed by atoms with Crippen LogP contribution in [0, 0.1) is 20.8 Å². The smallest absolute Gasteiger partial charge is 0.325 e. The van der Waals surface area contributed by atoms with Gasteiger partial charge in [-0.05, 0) is 58.4 Å². The lowest BCUT2D eigenvalue weighted by molar-refractivity contribution is -0.152. The second-order valence-corrected chi connectivity index (χ2v) is 5.78. The monoisotopic (exact) mass is 263 g/mol. The molecule has 19 heavy (non-hydrogen) atoms. The van der Waals surface area contributed by atoms with E-state index in [4.69, 9.17) is 4.74 Å². The highest BCUT2D eigenvalue weighted by Gasteiger charge is 2.33. The number of likely N-dealkylation sites (N-methyl/N-ethyl adjacent to an activating group) is 1. The highest BCUT2D eigenvalue weighted by molar-refractivity contribution is 5.79. The van der Waals surface area contributed by atoms with E-state index in [1.54, 1.807) is 0 Å². The number of nitrogens with zero attached hydrogens (tertiary/aromatic N) is 1. The van der Waals surface area contributed by atoms with Gasteiger partial charge in [-0.1, -0.05) is 17.7 Å². The summed E-state index contributed by atoms with van der Waals surface area (Å²) in [6.45, 7) is 10.9. The Morgan fingerprint density at radius 3 is 2.11 bits per heavy atom. The first-order chi connectivity index (χ1) is 8.70. The molecule has 3 nitrogen and oxygen atoms in total. The zero-order valence-electron chi connectivity index (χ0n) is 13.1. The summed E-state index contributed by atoms with van der Waals surface area (Å²) in [7, 11) is 3.38. The third-order valence-corrected chi connectivity index (χ3v) is 3.87. The summed E-state index contributed by atoms with van der Waals surface area (Å²) < 4.78 is 4.87. The molecule has 1 aromatic carbocycles. The van der Waals surface area contributed by atoms with Gasteiger partial charge in [-0.15, -0.1) is 0 Å². The molecule has 3 heteroatoms. The predicted octanol–water partition coefficient (Wildman–Crippen LogP) is 3.00. The molecule has 0 amide bonds. The van der Waals surface area contributed by atoms with Gasteiger partial charge < -0.3 is 4.74 Å². The first-order valence-electron chi connectivity index (χ1n) is 6.56. The van der Waals surface area contributed by atoms with E-state index >= 15 is 0 Å². The Balaban J connectivity index is 3.00. The van der Waals surface area contributed by atoms with Crippen LogP contribution in [0.2, 0.25) is 0 Å². The first-order valence-corrected chi connectivity index (χ1v) is 6.56. The maximum absolute atomic E-state index is 11.8. The van der Waals surface area contributed by atoms with E-state index in [0.29, 0.717) is 0 Å². The summed E-state index contributed by atoms with van der Waals surface area (Å²) in [6.07, 6.45) is 0. The lowest BCUT2D eigenvalue weighted by Gasteiger charge is -2.33. The van der Waals surface area contributed by atoms with Crippen molar-refractivity contribution in [1.29, 1.82) is 0 Å². The normalized spacial score (nSPS) is 11.8. The lowest BCUT2D eigenvalue weighted by atomic mass is 9.97. The molecule has 0 spiro atoms. The molecular weight excluding hydrogens is 238 g/mol. The van der Waals surface area contributed by atoms with E-state index in [1.165, 1.54) is 29.4 Å². The Bertz CT molecular complexity index is 455. The number of aryl methyl sites for hydroxylation is 3. The standard InChI is InChI=1S/C16H25NO2/c1-11-8-12(2)14(13(3)9-11)10-17(6)16(4,5)15(18)19-7/h8-9H,10H2,1-7H3. The van der Waals surface area contributed by atoms with Gasteiger partial charge in [0.05, 0.1) is 7.11 Å². The van der Waals surface area contributed by atoms with Gasteiger partial charge in [0.1, 0.15) is 5.54 Å². The molecule has 0 unspecified atom stereocenters. The van der Waals surface area contributed by atoms with Crippen LogP contribution in [0.3, 0.4) is 0 Å². The summed E-state index contributed by atoms with van der Waals surface area (Å²) in [4.78, 5) is 13.9. The van der Waals surface area contributed by atoms with Crippen molar-refractivity contribution in [2.24, 2.45) is 0 Å². The van der Waals surface area contributed by atoms with E-state index in [-0.39, 0.29) is 5.97 Å². The quantitative estimate of drug-likeness (QED) is 0.782. The minimum Gasteiger partial charge on any atom is -0.468 e. The largest absolute Gasteiger partial charge is 0.468 e. The van der Waals surface area contributed by atoms with Gasteiger partial charge in [0, 0.05) is 6.54 Å². The predicted molar refractivity (Wildman–Crippen MR) is 78.2 cm³/mol. The van der Waals surface area contributed by atoms with Crippen LogP contribution in [0.4, 0.5) is 0 Å². The number of ether oxygens (including phenoxy) is 1. The Morgan fingerprint density at radius 1 is 1.21 bits per heavy atom. The number of hydrogen-bond donors (Lipinski definition) is 0. The van der Waals surface area contributed by atoms with Crippen molar-refractivity contribution >= 4 is 5.97 Å². The number of esters is 1. The van der Waals surface area contributed by atoms with Gasteiger partial charge in [-0.2, -0.15) is 0 Å². The van der Waals surface area contributed by atoms with Crippen LogP contribution < -0.4 is 0 Å². The van der Waals surface area contributed by atoms with Gasteiger partial charge in [0.15, 0.2) is 0 Å². The topological polar surface area (TPSA) is 29.5 Å². The summed E-state index contributed by atoms with van der Waals surface area (Å²) in [5, 5.41) is 0. The zero-order chi connectivity index (χ0) is 14.8. The number of carbonyl (C=O) groups excluding carboxylic acids is 1. The van der Waals surface area contributed by atoms with Crippen molar-refractivity contribution in [2.75, 3.05) is 14.2 Å².